The average molecular weight is 444 g/mol. The first-order valence-electron chi connectivity index (χ1n) is 10.5. The van der Waals surface area contributed by atoms with Gasteiger partial charge in [0.25, 0.3) is 5.56 Å². The number of H-pyrrole nitrogens is 1. The van der Waals surface area contributed by atoms with E-state index in [-0.39, 0.29) is 5.56 Å². The molecule has 0 aliphatic carbocycles. The quantitative estimate of drug-likeness (QED) is 0.461. The first kappa shape index (κ1) is 22.0. The Hall–Kier alpha value is -4.20. The number of hydrogen-bond acceptors (Lipinski definition) is 5. The molecule has 2 aromatic carbocycles. The molecule has 8 heteroatoms. The maximum atomic E-state index is 12.5. The minimum Gasteiger partial charge on any atom is -0.493 e. The van der Waals surface area contributed by atoms with Crippen LogP contribution in [-0.2, 0) is 6.54 Å². The summed E-state index contributed by atoms with van der Waals surface area (Å²) in [4.78, 5) is 31.6. The number of nitrogens with one attached hydrogen (secondary N) is 1. The SMILES string of the molecule is Cc1ccc(-n2c(O)c(C=Nc3c(C)nn(Cc4ccccc4)c3C)c(=O)[nH]c2=O)cc1C. The number of aromatic nitrogens is 4. The fourth-order valence-corrected chi connectivity index (χ4v) is 3.67. The van der Waals surface area contributed by atoms with E-state index in [2.05, 4.69) is 15.1 Å². The van der Waals surface area contributed by atoms with E-state index in [4.69, 9.17) is 0 Å². The fourth-order valence-electron chi connectivity index (χ4n) is 3.67. The second kappa shape index (κ2) is 8.74. The molecule has 33 heavy (non-hydrogen) atoms. The zero-order chi connectivity index (χ0) is 23.7. The molecule has 0 amide bonds. The Labute approximate surface area is 190 Å². The fraction of sp³-hybridized carbons (Fsp3) is 0.200. The van der Waals surface area contributed by atoms with Crippen molar-refractivity contribution in [2.24, 2.45) is 4.99 Å². The molecule has 0 aliphatic rings. The molecule has 2 N–H and O–H groups in total. The van der Waals surface area contributed by atoms with Crippen LogP contribution in [0, 0.1) is 27.7 Å². The van der Waals surface area contributed by atoms with Crippen molar-refractivity contribution in [1.82, 2.24) is 19.3 Å². The normalized spacial score (nSPS) is 11.4. The molecule has 0 unspecified atom stereocenters. The second-order valence-electron chi connectivity index (χ2n) is 8.02. The zero-order valence-electron chi connectivity index (χ0n) is 19.0. The molecule has 2 heterocycles. The summed E-state index contributed by atoms with van der Waals surface area (Å²) in [5, 5.41) is 15.4. The van der Waals surface area contributed by atoms with E-state index >= 15 is 0 Å². The number of nitrogens with zero attached hydrogens (tertiary/aromatic N) is 4. The van der Waals surface area contributed by atoms with E-state index < -0.39 is 17.1 Å². The third-order valence-electron chi connectivity index (χ3n) is 5.71. The Morgan fingerprint density at radius 2 is 1.76 bits per heavy atom. The lowest BCUT2D eigenvalue weighted by molar-refractivity contribution is 0.430. The summed E-state index contributed by atoms with van der Waals surface area (Å²) in [5.74, 6) is -0.470. The van der Waals surface area contributed by atoms with E-state index in [1.807, 2.05) is 68.8 Å². The van der Waals surface area contributed by atoms with Gasteiger partial charge in [0.15, 0.2) is 0 Å². The summed E-state index contributed by atoms with van der Waals surface area (Å²) in [6.07, 6.45) is 1.27. The van der Waals surface area contributed by atoms with Gasteiger partial charge in [-0.05, 0) is 56.5 Å². The zero-order valence-corrected chi connectivity index (χ0v) is 19.0. The van der Waals surface area contributed by atoms with Crippen LogP contribution in [0.1, 0.15) is 33.6 Å². The van der Waals surface area contributed by atoms with Crippen LogP contribution in [-0.4, -0.2) is 30.7 Å². The monoisotopic (exact) mass is 443 g/mol. The Morgan fingerprint density at radius 1 is 1.03 bits per heavy atom. The van der Waals surface area contributed by atoms with Gasteiger partial charge in [0, 0.05) is 6.21 Å². The van der Waals surface area contributed by atoms with Gasteiger partial charge in [-0.15, -0.1) is 0 Å². The molecule has 0 saturated heterocycles. The summed E-state index contributed by atoms with van der Waals surface area (Å²) in [5.41, 5.74) is 4.14. The van der Waals surface area contributed by atoms with Gasteiger partial charge in [0.1, 0.15) is 11.3 Å². The third-order valence-corrected chi connectivity index (χ3v) is 5.71. The van der Waals surface area contributed by atoms with Crippen LogP contribution in [0.4, 0.5) is 5.69 Å². The Bertz CT molecular complexity index is 1480. The molecule has 0 radical (unpaired) electrons. The van der Waals surface area contributed by atoms with Gasteiger partial charge in [0.05, 0.1) is 23.6 Å². The lowest BCUT2D eigenvalue weighted by atomic mass is 10.1. The predicted octanol–water partition coefficient (Wildman–Crippen LogP) is 3.46. The highest BCUT2D eigenvalue weighted by Gasteiger charge is 2.16. The number of hydrogen-bond donors (Lipinski definition) is 2. The third kappa shape index (κ3) is 4.27. The predicted molar refractivity (Wildman–Crippen MR) is 128 cm³/mol. The smallest absolute Gasteiger partial charge is 0.335 e. The minimum atomic E-state index is -0.721. The van der Waals surface area contributed by atoms with E-state index in [1.54, 1.807) is 12.1 Å². The van der Waals surface area contributed by atoms with Crippen LogP contribution in [0.2, 0.25) is 0 Å². The second-order valence-corrected chi connectivity index (χ2v) is 8.02. The van der Waals surface area contributed by atoms with Crippen molar-refractivity contribution in [2.45, 2.75) is 34.2 Å². The molecule has 2 aromatic heterocycles. The largest absolute Gasteiger partial charge is 0.493 e. The molecule has 0 bridgehead atoms. The molecular weight excluding hydrogens is 418 g/mol. The van der Waals surface area contributed by atoms with Crippen LogP contribution in [0.5, 0.6) is 5.88 Å². The number of benzene rings is 2. The molecule has 168 valence electrons. The van der Waals surface area contributed by atoms with E-state index in [0.717, 1.165) is 27.0 Å². The molecule has 0 fully saturated rings. The molecule has 0 aliphatic heterocycles. The van der Waals surface area contributed by atoms with Crippen molar-refractivity contribution in [1.29, 1.82) is 0 Å². The van der Waals surface area contributed by atoms with E-state index in [0.29, 0.717) is 23.6 Å². The highest BCUT2D eigenvalue weighted by atomic mass is 16.3. The highest BCUT2D eigenvalue weighted by molar-refractivity contribution is 5.84. The van der Waals surface area contributed by atoms with Crippen LogP contribution >= 0.6 is 0 Å². The van der Waals surface area contributed by atoms with Crippen LogP contribution in [0.3, 0.4) is 0 Å². The van der Waals surface area contributed by atoms with Crippen molar-refractivity contribution in [3.8, 4) is 11.6 Å². The van der Waals surface area contributed by atoms with Gasteiger partial charge in [-0.2, -0.15) is 5.10 Å². The lowest BCUT2D eigenvalue weighted by Gasteiger charge is -2.11. The summed E-state index contributed by atoms with van der Waals surface area (Å²) in [7, 11) is 0. The average Bonchev–Trinajstić information content (AvgIpc) is 3.03. The molecule has 0 spiro atoms. The van der Waals surface area contributed by atoms with Crippen molar-refractivity contribution >= 4 is 11.9 Å². The van der Waals surface area contributed by atoms with Gasteiger partial charge in [-0.25, -0.2) is 9.36 Å². The topological polar surface area (TPSA) is 105 Å². The molecule has 4 aromatic rings. The molecule has 0 saturated carbocycles. The summed E-state index contributed by atoms with van der Waals surface area (Å²) < 4.78 is 2.91. The van der Waals surface area contributed by atoms with Crippen LogP contribution < -0.4 is 11.2 Å². The summed E-state index contributed by atoms with van der Waals surface area (Å²) in [6, 6.07) is 15.3. The van der Waals surface area contributed by atoms with Crippen molar-refractivity contribution in [2.75, 3.05) is 0 Å². The summed E-state index contributed by atoms with van der Waals surface area (Å²) >= 11 is 0. The summed E-state index contributed by atoms with van der Waals surface area (Å²) in [6.45, 7) is 8.19. The van der Waals surface area contributed by atoms with Crippen molar-refractivity contribution in [3.05, 3.63) is 103 Å². The van der Waals surface area contributed by atoms with Gasteiger partial charge in [-0.1, -0.05) is 36.4 Å². The highest BCUT2D eigenvalue weighted by Crippen LogP contribution is 2.24. The van der Waals surface area contributed by atoms with Gasteiger partial charge in [0.2, 0.25) is 5.88 Å². The van der Waals surface area contributed by atoms with Crippen molar-refractivity contribution < 1.29 is 5.11 Å². The first-order chi connectivity index (χ1) is 15.8. The van der Waals surface area contributed by atoms with Gasteiger partial charge < -0.3 is 5.11 Å². The van der Waals surface area contributed by atoms with Crippen molar-refractivity contribution in [3.63, 3.8) is 0 Å². The molecular formula is C25H25N5O3. The molecule has 4 rings (SSSR count). The van der Waals surface area contributed by atoms with Crippen LogP contribution in [0.15, 0.2) is 63.1 Å². The molecule has 0 atom stereocenters. The maximum absolute atomic E-state index is 12.5. The number of aromatic hydroxyl groups is 1. The Kier molecular flexibility index (Phi) is 5.83. The first-order valence-corrected chi connectivity index (χ1v) is 10.5. The minimum absolute atomic E-state index is 0.109. The van der Waals surface area contributed by atoms with Crippen LogP contribution in [0.25, 0.3) is 5.69 Å². The van der Waals surface area contributed by atoms with Gasteiger partial charge >= 0.3 is 5.69 Å². The standard InChI is InChI=1S/C25H25N5O3/c1-15-10-11-20(12-16(15)2)30-24(32)21(23(31)27-25(30)33)13-26-22-17(3)28-29(18(22)4)14-19-8-6-5-7-9-19/h5-13,32H,14H2,1-4H3,(H,27,31,33). The molecule has 8 nitrogen and oxygen atoms in total. The number of rotatable bonds is 5. The Balaban J connectivity index is 1.74. The Morgan fingerprint density at radius 3 is 2.45 bits per heavy atom. The van der Waals surface area contributed by atoms with Gasteiger partial charge in [-0.3, -0.25) is 19.5 Å². The maximum Gasteiger partial charge on any atom is 0.335 e. The number of aromatic amines is 1. The number of aliphatic imine (C=N–C) groups is 1. The lowest BCUT2D eigenvalue weighted by Crippen LogP contribution is -2.31. The van der Waals surface area contributed by atoms with E-state index in [1.165, 1.54) is 6.21 Å². The van der Waals surface area contributed by atoms with E-state index in [9.17, 15) is 14.7 Å². The number of aryl methyl sites for hydroxylation is 3.